The Bertz CT molecular complexity index is 212. The van der Waals surface area contributed by atoms with Crippen molar-refractivity contribution in [1.29, 1.82) is 0 Å². The Morgan fingerprint density at radius 3 is 2.77 bits per heavy atom. The molecule has 0 aromatic heterocycles. The van der Waals surface area contributed by atoms with Gasteiger partial charge in [-0.15, -0.1) is 0 Å². The van der Waals surface area contributed by atoms with Gasteiger partial charge in [-0.3, -0.25) is 0 Å². The smallest absolute Gasteiger partial charge is 0.0845 e. The molecule has 74 valence electrons. The number of ether oxygens (including phenoxy) is 2. The van der Waals surface area contributed by atoms with Gasteiger partial charge in [0.2, 0.25) is 0 Å². The van der Waals surface area contributed by atoms with Gasteiger partial charge in [0.25, 0.3) is 0 Å². The van der Waals surface area contributed by atoms with Crippen molar-refractivity contribution >= 4 is 0 Å². The summed E-state index contributed by atoms with van der Waals surface area (Å²) in [7, 11) is 1.78. The van der Waals surface area contributed by atoms with Gasteiger partial charge in [-0.05, 0) is 32.1 Å². The molecule has 2 heteroatoms. The molecule has 0 N–H and O–H groups in total. The first-order chi connectivity index (χ1) is 6.22. The summed E-state index contributed by atoms with van der Waals surface area (Å²) < 4.78 is 11.0. The van der Waals surface area contributed by atoms with Crippen LogP contribution >= 0.6 is 0 Å². The van der Waals surface area contributed by atoms with Crippen LogP contribution in [0.5, 0.6) is 0 Å². The molecule has 1 heterocycles. The van der Waals surface area contributed by atoms with Crippen molar-refractivity contribution in [3.8, 4) is 0 Å². The maximum atomic E-state index is 5.50. The van der Waals surface area contributed by atoms with Crippen molar-refractivity contribution < 1.29 is 9.47 Å². The average molecular weight is 182 g/mol. The summed E-state index contributed by atoms with van der Waals surface area (Å²) in [5.74, 6) is 0.631. The minimum absolute atomic E-state index is 0.241. The fourth-order valence-corrected chi connectivity index (χ4v) is 2.51. The van der Waals surface area contributed by atoms with Crippen LogP contribution in [0, 0.1) is 5.92 Å². The van der Waals surface area contributed by atoms with Crippen LogP contribution in [0.4, 0.5) is 0 Å². The standard InChI is InChI=1S/C11H18O2/c1-7(2)11(12-3)8-4-5-9-10(6-8)13-9/h8-11H,1,4-6H2,2-3H3. The van der Waals surface area contributed by atoms with E-state index in [0.717, 1.165) is 12.0 Å². The predicted octanol–water partition coefficient (Wildman–Crippen LogP) is 2.14. The molecular formula is C11H18O2. The highest BCUT2D eigenvalue weighted by molar-refractivity contribution is 5.05. The second-order valence-electron chi connectivity index (χ2n) is 4.29. The Kier molecular flexibility index (Phi) is 2.43. The Hall–Kier alpha value is -0.340. The molecule has 1 saturated carbocycles. The predicted molar refractivity (Wildman–Crippen MR) is 51.6 cm³/mol. The first-order valence-electron chi connectivity index (χ1n) is 5.06. The van der Waals surface area contributed by atoms with Crippen LogP contribution in [0.3, 0.4) is 0 Å². The van der Waals surface area contributed by atoms with E-state index in [0.29, 0.717) is 18.1 Å². The number of hydrogen-bond donors (Lipinski definition) is 0. The van der Waals surface area contributed by atoms with E-state index >= 15 is 0 Å². The van der Waals surface area contributed by atoms with E-state index in [1.807, 2.05) is 6.92 Å². The molecule has 0 aromatic rings. The van der Waals surface area contributed by atoms with Gasteiger partial charge in [-0.25, -0.2) is 0 Å². The fourth-order valence-electron chi connectivity index (χ4n) is 2.51. The highest BCUT2D eigenvalue weighted by Crippen LogP contribution is 2.41. The third-order valence-electron chi connectivity index (χ3n) is 3.21. The van der Waals surface area contributed by atoms with Gasteiger partial charge in [0.1, 0.15) is 0 Å². The number of epoxide rings is 1. The lowest BCUT2D eigenvalue weighted by atomic mass is 9.83. The van der Waals surface area contributed by atoms with Gasteiger partial charge in [0.15, 0.2) is 0 Å². The Labute approximate surface area is 79.9 Å². The normalized spacial score (nSPS) is 39.4. The number of hydrogen-bond acceptors (Lipinski definition) is 2. The average Bonchev–Trinajstić information content (AvgIpc) is 2.82. The monoisotopic (exact) mass is 182 g/mol. The molecule has 0 aromatic carbocycles. The summed E-state index contributed by atoms with van der Waals surface area (Å²) in [4.78, 5) is 0. The SMILES string of the molecule is C=C(C)C(OC)C1CCC2OC2C1. The van der Waals surface area contributed by atoms with E-state index in [-0.39, 0.29) is 6.10 Å². The first-order valence-corrected chi connectivity index (χ1v) is 5.06. The Morgan fingerprint density at radius 2 is 2.23 bits per heavy atom. The zero-order valence-corrected chi connectivity index (χ0v) is 8.45. The summed E-state index contributed by atoms with van der Waals surface area (Å²) in [6.45, 7) is 6.02. The third kappa shape index (κ3) is 1.79. The largest absolute Gasteiger partial charge is 0.377 e. The fraction of sp³-hybridized carbons (Fsp3) is 0.818. The summed E-state index contributed by atoms with van der Waals surface area (Å²) >= 11 is 0. The lowest BCUT2D eigenvalue weighted by Crippen LogP contribution is -2.28. The van der Waals surface area contributed by atoms with Crippen molar-refractivity contribution in [2.24, 2.45) is 5.92 Å². The van der Waals surface area contributed by atoms with Gasteiger partial charge in [0, 0.05) is 7.11 Å². The van der Waals surface area contributed by atoms with Gasteiger partial charge >= 0.3 is 0 Å². The van der Waals surface area contributed by atoms with Crippen LogP contribution < -0.4 is 0 Å². The minimum atomic E-state index is 0.241. The molecule has 1 aliphatic heterocycles. The number of rotatable bonds is 3. The van der Waals surface area contributed by atoms with E-state index in [2.05, 4.69) is 6.58 Å². The quantitative estimate of drug-likeness (QED) is 0.492. The Balaban J connectivity index is 1.93. The van der Waals surface area contributed by atoms with Crippen LogP contribution in [0.15, 0.2) is 12.2 Å². The summed E-state index contributed by atoms with van der Waals surface area (Å²) in [5, 5.41) is 0. The molecule has 0 amide bonds. The summed E-state index contributed by atoms with van der Waals surface area (Å²) in [6.07, 6.45) is 4.96. The van der Waals surface area contributed by atoms with E-state index in [1.165, 1.54) is 12.8 Å². The van der Waals surface area contributed by atoms with Crippen molar-refractivity contribution in [2.75, 3.05) is 7.11 Å². The number of methoxy groups -OCH3 is 1. The lowest BCUT2D eigenvalue weighted by Gasteiger charge is -2.27. The minimum Gasteiger partial charge on any atom is -0.377 e. The molecule has 13 heavy (non-hydrogen) atoms. The van der Waals surface area contributed by atoms with E-state index in [1.54, 1.807) is 7.11 Å². The van der Waals surface area contributed by atoms with Crippen LogP contribution in [0.2, 0.25) is 0 Å². The van der Waals surface area contributed by atoms with Crippen LogP contribution in [-0.2, 0) is 9.47 Å². The van der Waals surface area contributed by atoms with Crippen LogP contribution in [-0.4, -0.2) is 25.4 Å². The maximum Gasteiger partial charge on any atom is 0.0845 e. The molecule has 0 spiro atoms. The molecular weight excluding hydrogens is 164 g/mol. The molecule has 2 aliphatic rings. The zero-order valence-electron chi connectivity index (χ0n) is 8.45. The van der Waals surface area contributed by atoms with E-state index < -0.39 is 0 Å². The molecule has 2 nitrogen and oxygen atoms in total. The van der Waals surface area contributed by atoms with Crippen molar-refractivity contribution in [2.45, 2.75) is 44.5 Å². The van der Waals surface area contributed by atoms with Gasteiger partial charge in [-0.2, -0.15) is 0 Å². The molecule has 4 atom stereocenters. The van der Waals surface area contributed by atoms with E-state index in [9.17, 15) is 0 Å². The van der Waals surface area contributed by atoms with Gasteiger partial charge in [-0.1, -0.05) is 12.2 Å². The van der Waals surface area contributed by atoms with Gasteiger partial charge in [0.05, 0.1) is 18.3 Å². The van der Waals surface area contributed by atoms with Gasteiger partial charge < -0.3 is 9.47 Å². The van der Waals surface area contributed by atoms with E-state index in [4.69, 9.17) is 9.47 Å². The van der Waals surface area contributed by atoms with Crippen molar-refractivity contribution in [1.82, 2.24) is 0 Å². The maximum absolute atomic E-state index is 5.50. The molecule has 0 radical (unpaired) electrons. The van der Waals surface area contributed by atoms with Crippen molar-refractivity contribution in [3.63, 3.8) is 0 Å². The summed E-state index contributed by atoms with van der Waals surface area (Å²) in [6, 6.07) is 0. The van der Waals surface area contributed by atoms with Crippen molar-refractivity contribution in [3.05, 3.63) is 12.2 Å². The second-order valence-corrected chi connectivity index (χ2v) is 4.29. The number of fused-ring (bicyclic) bond motifs is 1. The third-order valence-corrected chi connectivity index (χ3v) is 3.21. The van der Waals surface area contributed by atoms with Crippen LogP contribution in [0.1, 0.15) is 26.2 Å². The topological polar surface area (TPSA) is 21.8 Å². The molecule has 1 aliphatic carbocycles. The Morgan fingerprint density at radius 1 is 1.46 bits per heavy atom. The van der Waals surface area contributed by atoms with Crippen LogP contribution in [0.25, 0.3) is 0 Å². The molecule has 2 rings (SSSR count). The highest BCUT2D eigenvalue weighted by atomic mass is 16.6. The second kappa shape index (κ2) is 3.43. The molecule has 2 fully saturated rings. The molecule has 1 saturated heterocycles. The molecule has 0 bridgehead atoms. The first kappa shape index (κ1) is 9.22. The summed E-state index contributed by atoms with van der Waals surface area (Å²) in [5.41, 5.74) is 1.14. The highest BCUT2D eigenvalue weighted by Gasteiger charge is 2.45. The zero-order chi connectivity index (χ0) is 9.42. The molecule has 4 unspecified atom stereocenters. The lowest BCUT2D eigenvalue weighted by molar-refractivity contribution is 0.0670.